The van der Waals surface area contributed by atoms with E-state index in [-0.39, 0.29) is 5.92 Å². The monoisotopic (exact) mass is 259 g/mol. The van der Waals surface area contributed by atoms with Gasteiger partial charge in [0.15, 0.2) is 0 Å². The molecule has 1 aliphatic heterocycles. The molecular weight excluding hydrogens is 242 g/mol. The van der Waals surface area contributed by atoms with Gasteiger partial charge in [0, 0.05) is 13.1 Å². The molecule has 0 bridgehead atoms. The largest absolute Gasteiger partial charge is 0.481 e. The summed E-state index contributed by atoms with van der Waals surface area (Å²) in [6.45, 7) is 5.13. The zero-order valence-electron chi connectivity index (χ0n) is 11.1. The van der Waals surface area contributed by atoms with Crippen molar-refractivity contribution in [1.82, 2.24) is 4.98 Å². The van der Waals surface area contributed by atoms with Gasteiger partial charge in [0.25, 0.3) is 0 Å². The molecule has 1 aromatic rings. The van der Waals surface area contributed by atoms with E-state index in [0.29, 0.717) is 30.4 Å². The second-order valence-electron chi connectivity index (χ2n) is 5.23. The Kier molecular flexibility index (Phi) is 3.70. The van der Waals surface area contributed by atoms with Gasteiger partial charge in [-0.3, -0.25) is 4.79 Å². The van der Waals surface area contributed by atoms with Crippen LogP contribution in [0.1, 0.15) is 24.6 Å². The highest BCUT2D eigenvalue weighted by Gasteiger charge is 2.30. The molecular formula is C14H17N3O2. The van der Waals surface area contributed by atoms with Gasteiger partial charge in [0.2, 0.25) is 0 Å². The molecule has 2 rings (SSSR count). The fraction of sp³-hybridized carbons (Fsp3) is 0.500. The standard InChI is InChI=1S/C14H17N3O2/c1-9-5-11(14(18)19)8-17(7-9)13-4-3-10(2)12(6-15)16-13/h3-4,9,11H,5,7-8H2,1-2H3,(H,18,19). The van der Waals surface area contributed by atoms with E-state index in [1.807, 2.05) is 30.9 Å². The SMILES string of the molecule is Cc1ccc(N2CC(C)CC(C(=O)O)C2)nc1C#N. The molecule has 1 N–H and O–H groups in total. The lowest BCUT2D eigenvalue weighted by Gasteiger charge is -2.35. The van der Waals surface area contributed by atoms with Crippen LogP contribution in [0.5, 0.6) is 0 Å². The van der Waals surface area contributed by atoms with Gasteiger partial charge < -0.3 is 10.0 Å². The number of carboxylic acids is 1. The van der Waals surface area contributed by atoms with E-state index in [0.717, 1.165) is 12.1 Å². The maximum absolute atomic E-state index is 11.2. The molecule has 2 heterocycles. The number of anilines is 1. The van der Waals surface area contributed by atoms with Gasteiger partial charge in [-0.15, -0.1) is 0 Å². The van der Waals surface area contributed by atoms with Crippen LogP contribution in [0, 0.1) is 30.1 Å². The summed E-state index contributed by atoms with van der Waals surface area (Å²) < 4.78 is 0. The Morgan fingerprint density at radius 3 is 2.89 bits per heavy atom. The van der Waals surface area contributed by atoms with Crippen LogP contribution in [0.4, 0.5) is 5.82 Å². The van der Waals surface area contributed by atoms with E-state index in [4.69, 9.17) is 10.4 Å². The first-order valence-electron chi connectivity index (χ1n) is 6.36. The summed E-state index contributed by atoms with van der Waals surface area (Å²) in [5.74, 6) is -0.120. The van der Waals surface area contributed by atoms with Gasteiger partial charge >= 0.3 is 5.97 Å². The number of carbonyl (C=O) groups is 1. The summed E-state index contributed by atoms with van der Waals surface area (Å²) in [6.07, 6.45) is 0.697. The lowest BCUT2D eigenvalue weighted by atomic mass is 9.90. The maximum Gasteiger partial charge on any atom is 0.308 e. The molecule has 5 nitrogen and oxygen atoms in total. The number of aryl methyl sites for hydroxylation is 1. The molecule has 0 radical (unpaired) electrons. The van der Waals surface area contributed by atoms with E-state index in [1.165, 1.54) is 0 Å². The first-order chi connectivity index (χ1) is 9.01. The molecule has 5 heteroatoms. The van der Waals surface area contributed by atoms with E-state index in [1.54, 1.807) is 0 Å². The van der Waals surface area contributed by atoms with Crippen molar-refractivity contribution in [2.75, 3.05) is 18.0 Å². The minimum atomic E-state index is -0.760. The van der Waals surface area contributed by atoms with E-state index in [2.05, 4.69) is 11.1 Å². The Bertz CT molecular complexity index is 536. The molecule has 100 valence electrons. The first-order valence-corrected chi connectivity index (χ1v) is 6.36. The number of carboxylic acid groups (broad SMARTS) is 1. The smallest absolute Gasteiger partial charge is 0.308 e. The molecule has 1 aliphatic rings. The summed E-state index contributed by atoms with van der Waals surface area (Å²) in [4.78, 5) is 17.4. The summed E-state index contributed by atoms with van der Waals surface area (Å²) in [5.41, 5.74) is 1.24. The van der Waals surface area contributed by atoms with Crippen molar-refractivity contribution in [1.29, 1.82) is 5.26 Å². The van der Waals surface area contributed by atoms with Crippen LogP contribution in [0.25, 0.3) is 0 Å². The van der Waals surface area contributed by atoms with Gasteiger partial charge in [-0.05, 0) is 30.9 Å². The van der Waals surface area contributed by atoms with E-state index < -0.39 is 5.97 Å². The summed E-state index contributed by atoms with van der Waals surface area (Å²) in [6, 6.07) is 5.78. The number of aromatic nitrogens is 1. The third kappa shape index (κ3) is 2.84. The molecule has 0 aliphatic carbocycles. The molecule has 0 amide bonds. The quantitative estimate of drug-likeness (QED) is 0.876. The van der Waals surface area contributed by atoms with Crippen LogP contribution in [-0.2, 0) is 4.79 Å². The van der Waals surface area contributed by atoms with Crippen LogP contribution >= 0.6 is 0 Å². The molecule has 0 aromatic carbocycles. The second kappa shape index (κ2) is 5.27. The predicted octanol–water partition coefficient (Wildman–Crippen LogP) is 1.81. The average Bonchev–Trinajstić information content (AvgIpc) is 2.38. The third-order valence-electron chi connectivity index (χ3n) is 3.52. The number of piperidine rings is 1. The number of nitrogens with zero attached hydrogens (tertiary/aromatic N) is 3. The van der Waals surface area contributed by atoms with E-state index in [9.17, 15) is 4.79 Å². The van der Waals surface area contributed by atoms with Crippen molar-refractivity contribution in [2.45, 2.75) is 20.3 Å². The second-order valence-corrected chi connectivity index (χ2v) is 5.23. The summed E-state index contributed by atoms with van der Waals surface area (Å²) in [5, 5.41) is 18.2. The van der Waals surface area contributed by atoms with Gasteiger partial charge in [-0.25, -0.2) is 4.98 Å². The van der Waals surface area contributed by atoms with Crippen LogP contribution in [0.3, 0.4) is 0 Å². The van der Waals surface area contributed by atoms with Crippen LogP contribution in [0.15, 0.2) is 12.1 Å². The average molecular weight is 259 g/mol. The van der Waals surface area contributed by atoms with Crippen molar-refractivity contribution in [3.63, 3.8) is 0 Å². The number of pyridine rings is 1. The van der Waals surface area contributed by atoms with Crippen molar-refractivity contribution in [3.05, 3.63) is 23.4 Å². The van der Waals surface area contributed by atoms with Crippen molar-refractivity contribution in [3.8, 4) is 6.07 Å². The fourth-order valence-electron chi connectivity index (χ4n) is 2.53. The Hall–Kier alpha value is -2.09. The molecule has 0 spiro atoms. The summed E-state index contributed by atoms with van der Waals surface area (Å²) >= 11 is 0. The zero-order valence-corrected chi connectivity index (χ0v) is 11.1. The Labute approximate surface area is 112 Å². The topological polar surface area (TPSA) is 77.2 Å². The Morgan fingerprint density at radius 2 is 2.26 bits per heavy atom. The molecule has 1 fully saturated rings. The van der Waals surface area contributed by atoms with Crippen molar-refractivity contribution >= 4 is 11.8 Å². The highest BCUT2D eigenvalue weighted by Crippen LogP contribution is 2.26. The van der Waals surface area contributed by atoms with Gasteiger partial charge in [0.1, 0.15) is 17.6 Å². The normalized spacial score (nSPS) is 22.9. The lowest BCUT2D eigenvalue weighted by molar-refractivity contribution is -0.142. The third-order valence-corrected chi connectivity index (χ3v) is 3.52. The Balaban J connectivity index is 2.26. The molecule has 0 saturated carbocycles. The highest BCUT2D eigenvalue weighted by atomic mass is 16.4. The number of hydrogen-bond donors (Lipinski definition) is 1. The first kappa shape index (κ1) is 13.3. The number of aliphatic carboxylic acids is 1. The highest BCUT2D eigenvalue weighted by molar-refractivity contribution is 5.71. The van der Waals surface area contributed by atoms with E-state index >= 15 is 0 Å². The molecule has 19 heavy (non-hydrogen) atoms. The van der Waals surface area contributed by atoms with Crippen LogP contribution in [0.2, 0.25) is 0 Å². The minimum absolute atomic E-state index is 0.309. The Morgan fingerprint density at radius 1 is 1.53 bits per heavy atom. The van der Waals surface area contributed by atoms with Crippen LogP contribution in [-0.4, -0.2) is 29.1 Å². The lowest BCUT2D eigenvalue weighted by Crippen LogP contribution is -2.43. The van der Waals surface area contributed by atoms with Crippen LogP contribution < -0.4 is 4.90 Å². The molecule has 1 saturated heterocycles. The maximum atomic E-state index is 11.2. The van der Waals surface area contributed by atoms with Gasteiger partial charge in [-0.2, -0.15) is 5.26 Å². The van der Waals surface area contributed by atoms with Gasteiger partial charge in [0.05, 0.1) is 5.92 Å². The number of rotatable bonds is 2. The molecule has 2 unspecified atom stereocenters. The predicted molar refractivity (Wildman–Crippen MR) is 70.8 cm³/mol. The fourth-order valence-corrected chi connectivity index (χ4v) is 2.53. The number of hydrogen-bond acceptors (Lipinski definition) is 4. The van der Waals surface area contributed by atoms with Crippen molar-refractivity contribution in [2.24, 2.45) is 11.8 Å². The summed E-state index contributed by atoms with van der Waals surface area (Å²) in [7, 11) is 0. The van der Waals surface area contributed by atoms with Gasteiger partial charge in [-0.1, -0.05) is 13.0 Å². The van der Waals surface area contributed by atoms with Crippen molar-refractivity contribution < 1.29 is 9.90 Å². The molecule has 1 aromatic heterocycles. The zero-order chi connectivity index (χ0) is 14.0. The molecule has 2 atom stereocenters. The minimum Gasteiger partial charge on any atom is -0.481 e. The number of nitriles is 1.